The highest BCUT2D eigenvalue weighted by Gasteiger charge is 2.26. The Balaban J connectivity index is 1.75. The van der Waals surface area contributed by atoms with E-state index in [1.807, 2.05) is 32.0 Å². The number of rotatable bonds is 9. The van der Waals surface area contributed by atoms with Crippen LogP contribution in [0, 0.1) is 6.92 Å². The lowest BCUT2D eigenvalue weighted by Gasteiger charge is -2.23. The number of aromatic amines is 1. The number of H-pyrrole nitrogens is 1. The van der Waals surface area contributed by atoms with E-state index in [2.05, 4.69) is 4.98 Å². The molecule has 0 saturated heterocycles. The Labute approximate surface area is 205 Å². The SMILES string of the molecule is CCOc1ccc2[nH]c(=O)c(CN(Cc3ccc(OC)cc3)S(=O)(=O)c3ccc(C)cc3)cc2c1. The second-order valence-corrected chi connectivity index (χ2v) is 10.2. The first-order valence-electron chi connectivity index (χ1n) is 11.3. The van der Waals surface area contributed by atoms with Gasteiger partial charge in [0.2, 0.25) is 10.0 Å². The van der Waals surface area contributed by atoms with Crippen molar-refractivity contribution in [1.82, 2.24) is 9.29 Å². The molecule has 0 bridgehead atoms. The fourth-order valence-corrected chi connectivity index (χ4v) is 5.22. The van der Waals surface area contributed by atoms with Crippen molar-refractivity contribution < 1.29 is 17.9 Å². The summed E-state index contributed by atoms with van der Waals surface area (Å²) in [6.07, 6.45) is 0. The standard InChI is InChI=1S/C27H28N2O5S/c1-4-34-24-11-14-26-21(16-24)15-22(27(30)28-26)18-29(17-20-7-9-23(33-3)10-8-20)35(31,32)25-12-5-19(2)6-13-25/h5-16H,4,17-18H2,1-3H3,(H,28,30). The average Bonchev–Trinajstić information content (AvgIpc) is 2.85. The lowest BCUT2D eigenvalue weighted by molar-refractivity contribution is 0.340. The Morgan fingerprint density at radius 1 is 0.886 bits per heavy atom. The van der Waals surface area contributed by atoms with Gasteiger partial charge < -0.3 is 14.5 Å². The van der Waals surface area contributed by atoms with Crippen molar-refractivity contribution in [3.05, 3.63) is 99.8 Å². The van der Waals surface area contributed by atoms with Gasteiger partial charge in [0.05, 0.1) is 18.6 Å². The van der Waals surface area contributed by atoms with Gasteiger partial charge in [0.15, 0.2) is 0 Å². The highest BCUT2D eigenvalue weighted by atomic mass is 32.2. The molecule has 0 radical (unpaired) electrons. The molecule has 0 aliphatic rings. The predicted octanol–water partition coefficient (Wildman–Crippen LogP) is 4.63. The largest absolute Gasteiger partial charge is 0.497 e. The number of ether oxygens (including phenoxy) is 2. The lowest BCUT2D eigenvalue weighted by atomic mass is 10.1. The number of benzene rings is 3. The Morgan fingerprint density at radius 2 is 1.57 bits per heavy atom. The van der Waals surface area contributed by atoms with Crippen molar-refractivity contribution in [3.8, 4) is 11.5 Å². The Kier molecular flexibility index (Phi) is 7.23. The zero-order valence-corrected chi connectivity index (χ0v) is 20.8. The minimum Gasteiger partial charge on any atom is -0.497 e. The molecular weight excluding hydrogens is 464 g/mol. The number of nitrogens with one attached hydrogen (secondary N) is 1. The maximum atomic E-state index is 13.7. The summed E-state index contributed by atoms with van der Waals surface area (Å²) < 4.78 is 39.4. The zero-order valence-electron chi connectivity index (χ0n) is 19.9. The van der Waals surface area contributed by atoms with Gasteiger partial charge in [0, 0.05) is 29.6 Å². The van der Waals surface area contributed by atoms with Crippen molar-refractivity contribution in [2.24, 2.45) is 0 Å². The van der Waals surface area contributed by atoms with Gasteiger partial charge in [0.1, 0.15) is 11.5 Å². The summed E-state index contributed by atoms with van der Waals surface area (Å²) in [4.78, 5) is 15.9. The van der Waals surface area contributed by atoms with Gasteiger partial charge in [-0.1, -0.05) is 29.8 Å². The van der Waals surface area contributed by atoms with Crippen molar-refractivity contribution in [1.29, 1.82) is 0 Å². The van der Waals surface area contributed by atoms with E-state index in [4.69, 9.17) is 9.47 Å². The van der Waals surface area contributed by atoms with Gasteiger partial charge in [-0.3, -0.25) is 4.79 Å². The highest BCUT2D eigenvalue weighted by molar-refractivity contribution is 7.89. The molecule has 0 aliphatic carbocycles. The first-order chi connectivity index (χ1) is 16.8. The lowest BCUT2D eigenvalue weighted by Crippen LogP contribution is -2.32. The molecule has 4 aromatic rings. The minimum absolute atomic E-state index is 0.0909. The fraction of sp³-hybridized carbons (Fsp3) is 0.222. The number of fused-ring (bicyclic) bond motifs is 1. The van der Waals surface area contributed by atoms with Crippen LogP contribution in [0.1, 0.15) is 23.6 Å². The summed E-state index contributed by atoms with van der Waals surface area (Å²) in [5.41, 5.74) is 2.40. The zero-order chi connectivity index (χ0) is 25.0. The van der Waals surface area contributed by atoms with Gasteiger partial charge in [-0.15, -0.1) is 0 Å². The van der Waals surface area contributed by atoms with E-state index in [0.29, 0.717) is 29.2 Å². The summed E-state index contributed by atoms with van der Waals surface area (Å²) in [5.74, 6) is 1.36. The van der Waals surface area contributed by atoms with Gasteiger partial charge in [0.25, 0.3) is 5.56 Å². The summed E-state index contributed by atoms with van der Waals surface area (Å²) in [5, 5.41) is 0.766. The number of hydrogen-bond acceptors (Lipinski definition) is 5. The monoisotopic (exact) mass is 492 g/mol. The maximum Gasteiger partial charge on any atom is 0.252 e. The van der Waals surface area contributed by atoms with E-state index >= 15 is 0 Å². The Bertz CT molecular complexity index is 1480. The number of methoxy groups -OCH3 is 1. The molecule has 35 heavy (non-hydrogen) atoms. The van der Waals surface area contributed by atoms with Crippen LogP contribution in [-0.4, -0.2) is 31.4 Å². The molecule has 8 heteroatoms. The third-order valence-electron chi connectivity index (χ3n) is 5.73. The number of nitrogens with zero attached hydrogens (tertiary/aromatic N) is 1. The molecule has 0 unspecified atom stereocenters. The first-order valence-corrected chi connectivity index (χ1v) is 12.7. The van der Waals surface area contributed by atoms with Crippen LogP contribution in [0.4, 0.5) is 0 Å². The molecular formula is C27H28N2O5S. The Hall–Kier alpha value is -3.62. The number of hydrogen-bond donors (Lipinski definition) is 1. The molecule has 0 spiro atoms. The first kappa shape index (κ1) is 24.5. The number of aryl methyl sites for hydroxylation is 1. The molecule has 4 rings (SSSR count). The van der Waals surface area contributed by atoms with Crippen LogP contribution in [0.5, 0.6) is 11.5 Å². The van der Waals surface area contributed by atoms with Crippen LogP contribution in [0.3, 0.4) is 0 Å². The van der Waals surface area contributed by atoms with Gasteiger partial charge in [-0.25, -0.2) is 8.42 Å². The third-order valence-corrected chi connectivity index (χ3v) is 7.53. The minimum atomic E-state index is -3.89. The molecule has 0 saturated carbocycles. The van der Waals surface area contributed by atoms with E-state index < -0.39 is 10.0 Å². The number of sulfonamides is 1. The van der Waals surface area contributed by atoms with Gasteiger partial charge >= 0.3 is 0 Å². The molecule has 7 nitrogen and oxygen atoms in total. The van der Waals surface area contributed by atoms with E-state index in [-0.39, 0.29) is 23.5 Å². The molecule has 0 aliphatic heterocycles. The van der Waals surface area contributed by atoms with Crippen molar-refractivity contribution in [2.75, 3.05) is 13.7 Å². The van der Waals surface area contributed by atoms with Gasteiger partial charge in [-0.2, -0.15) is 4.31 Å². The fourth-order valence-electron chi connectivity index (χ4n) is 3.81. The maximum absolute atomic E-state index is 13.7. The van der Waals surface area contributed by atoms with Crippen LogP contribution >= 0.6 is 0 Å². The normalized spacial score (nSPS) is 11.7. The predicted molar refractivity (Wildman–Crippen MR) is 136 cm³/mol. The molecule has 1 aromatic heterocycles. The van der Waals surface area contributed by atoms with E-state index in [0.717, 1.165) is 16.5 Å². The molecule has 3 aromatic carbocycles. The van der Waals surface area contributed by atoms with E-state index in [9.17, 15) is 13.2 Å². The summed E-state index contributed by atoms with van der Waals surface area (Å²) >= 11 is 0. The third kappa shape index (κ3) is 5.55. The van der Waals surface area contributed by atoms with E-state index in [1.165, 1.54) is 4.31 Å². The van der Waals surface area contributed by atoms with Gasteiger partial charge in [-0.05, 0) is 67.9 Å². The summed E-state index contributed by atoms with van der Waals surface area (Å²) in [6, 6.07) is 21.0. The van der Waals surface area contributed by atoms with Crippen LogP contribution in [-0.2, 0) is 23.1 Å². The van der Waals surface area contributed by atoms with Crippen LogP contribution < -0.4 is 15.0 Å². The van der Waals surface area contributed by atoms with E-state index in [1.54, 1.807) is 61.7 Å². The van der Waals surface area contributed by atoms with Crippen molar-refractivity contribution >= 4 is 20.9 Å². The van der Waals surface area contributed by atoms with Crippen LogP contribution in [0.2, 0.25) is 0 Å². The number of pyridine rings is 1. The molecule has 182 valence electrons. The van der Waals surface area contributed by atoms with Crippen molar-refractivity contribution in [3.63, 3.8) is 0 Å². The highest BCUT2D eigenvalue weighted by Crippen LogP contribution is 2.24. The Morgan fingerprint density at radius 3 is 2.23 bits per heavy atom. The molecule has 1 N–H and O–H groups in total. The quantitative estimate of drug-likeness (QED) is 0.368. The number of aromatic nitrogens is 1. The van der Waals surface area contributed by atoms with Crippen molar-refractivity contribution in [2.45, 2.75) is 31.8 Å². The molecule has 0 fully saturated rings. The van der Waals surface area contributed by atoms with Crippen LogP contribution in [0.25, 0.3) is 10.9 Å². The summed E-state index contributed by atoms with van der Waals surface area (Å²) in [6.45, 7) is 4.32. The smallest absolute Gasteiger partial charge is 0.252 e. The van der Waals surface area contributed by atoms with Crippen LogP contribution in [0.15, 0.2) is 82.5 Å². The summed E-state index contributed by atoms with van der Waals surface area (Å²) in [7, 11) is -2.32. The molecule has 0 atom stereocenters. The topological polar surface area (TPSA) is 88.7 Å². The second kappa shape index (κ2) is 10.3. The molecule has 0 amide bonds. The second-order valence-electron chi connectivity index (χ2n) is 8.24. The average molecular weight is 493 g/mol. The molecule has 1 heterocycles.